The SMILES string of the molecule is CCCCCCCCCNC(=O)c1ccc(O)c(OC)c1.CCCCOCCOC(=O)c1cccnc1. The van der Waals surface area contributed by atoms with Crippen molar-refractivity contribution < 1.29 is 28.9 Å². The van der Waals surface area contributed by atoms with Crippen molar-refractivity contribution in [2.24, 2.45) is 0 Å². The molecule has 206 valence electrons. The molecular formula is C29H44N2O6. The molecule has 0 aliphatic carbocycles. The largest absolute Gasteiger partial charge is 0.504 e. The summed E-state index contributed by atoms with van der Waals surface area (Å²) in [6.07, 6.45) is 13.8. The van der Waals surface area contributed by atoms with Crippen LogP contribution in [0.15, 0.2) is 42.7 Å². The number of hydrogen-bond acceptors (Lipinski definition) is 7. The third-order valence-corrected chi connectivity index (χ3v) is 5.51. The zero-order valence-electron chi connectivity index (χ0n) is 22.7. The van der Waals surface area contributed by atoms with Crippen molar-refractivity contribution in [3.8, 4) is 11.5 Å². The fraction of sp³-hybridized carbons (Fsp3) is 0.552. The number of amides is 1. The molecule has 0 bridgehead atoms. The number of aromatic nitrogens is 1. The van der Waals surface area contributed by atoms with E-state index in [2.05, 4.69) is 24.1 Å². The van der Waals surface area contributed by atoms with E-state index in [9.17, 15) is 14.7 Å². The van der Waals surface area contributed by atoms with Gasteiger partial charge in [0.2, 0.25) is 0 Å². The van der Waals surface area contributed by atoms with Gasteiger partial charge in [0.25, 0.3) is 5.91 Å². The molecule has 1 amide bonds. The summed E-state index contributed by atoms with van der Waals surface area (Å²) in [5.41, 5.74) is 0.976. The first-order chi connectivity index (χ1) is 18.0. The Morgan fingerprint density at radius 2 is 1.62 bits per heavy atom. The number of phenolic OH excluding ortho intramolecular Hbond substituents is 1. The molecule has 0 aliphatic rings. The number of carbonyl (C=O) groups is 2. The van der Waals surface area contributed by atoms with Crippen molar-refractivity contribution in [2.75, 3.05) is 33.5 Å². The lowest BCUT2D eigenvalue weighted by Crippen LogP contribution is -2.24. The predicted molar refractivity (Wildman–Crippen MR) is 145 cm³/mol. The van der Waals surface area contributed by atoms with E-state index in [0.717, 1.165) is 32.3 Å². The summed E-state index contributed by atoms with van der Waals surface area (Å²) in [6, 6.07) is 8.00. The Morgan fingerprint density at radius 3 is 2.30 bits per heavy atom. The highest BCUT2D eigenvalue weighted by molar-refractivity contribution is 5.94. The zero-order chi connectivity index (χ0) is 27.1. The Balaban J connectivity index is 0.000000384. The first-order valence-corrected chi connectivity index (χ1v) is 13.3. The summed E-state index contributed by atoms with van der Waals surface area (Å²) < 4.78 is 15.3. The van der Waals surface area contributed by atoms with Gasteiger partial charge in [0.15, 0.2) is 11.5 Å². The molecule has 0 radical (unpaired) electrons. The number of benzene rings is 1. The molecule has 2 aromatic rings. The molecule has 0 saturated carbocycles. The number of unbranched alkanes of at least 4 members (excludes halogenated alkanes) is 7. The molecule has 0 atom stereocenters. The molecular weight excluding hydrogens is 472 g/mol. The fourth-order valence-electron chi connectivity index (χ4n) is 3.31. The topological polar surface area (TPSA) is 107 Å². The van der Waals surface area contributed by atoms with E-state index in [1.807, 2.05) is 0 Å². The maximum Gasteiger partial charge on any atom is 0.339 e. The standard InChI is InChI=1S/C17H27NO3.C12H17NO3/c1-3-4-5-6-7-8-9-12-18-17(20)14-10-11-15(19)16(13-14)21-2;1-2-3-7-15-8-9-16-12(14)11-5-4-6-13-10-11/h10-11,13,19H,3-9,12H2,1-2H3,(H,18,20);4-6,10H,2-3,7-9H2,1H3. The van der Waals surface area contributed by atoms with Crippen molar-refractivity contribution >= 4 is 11.9 Å². The summed E-state index contributed by atoms with van der Waals surface area (Å²) in [6.45, 7) is 6.47. The van der Waals surface area contributed by atoms with E-state index in [1.165, 1.54) is 51.5 Å². The van der Waals surface area contributed by atoms with Crippen LogP contribution in [0.5, 0.6) is 11.5 Å². The summed E-state index contributed by atoms with van der Waals surface area (Å²) in [5, 5.41) is 12.4. The summed E-state index contributed by atoms with van der Waals surface area (Å²) in [5.74, 6) is -0.119. The Bertz CT molecular complexity index is 876. The average molecular weight is 517 g/mol. The van der Waals surface area contributed by atoms with Crippen LogP contribution in [0.3, 0.4) is 0 Å². The van der Waals surface area contributed by atoms with Crippen molar-refractivity contribution in [1.29, 1.82) is 0 Å². The average Bonchev–Trinajstić information content (AvgIpc) is 2.93. The number of phenols is 1. The van der Waals surface area contributed by atoms with Gasteiger partial charge in [-0.1, -0.05) is 58.8 Å². The molecule has 1 aromatic carbocycles. The number of aromatic hydroxyl groups is 1. The lowest BCUT2D eigenvalue weighted by atomic mass is 10.1. The minimum atomic E-state index is -0.354. The second-order valence-electron chi connectivity index (χ2n) is 8.61. The van der Waals surface area contributed by atoms with Crippen molar-refractivity contribution in [3.63, 3.8) is 0 Å². The summed E-state index contributed by atoms with van der Waals surface area (Å²) in [4.78, 5) is 27.2. The molecule has 0 aliphatic heterocycles. The number of pyridine rings is 1. The van der Waals surface area contributed by atoms with Crippen LogP contribution in [0.2, 0.25) is 0 Å². The van der Waals surface area contributed by atoms with Gasteiger partial charge in [0, 0.05) is 31.1 Å². The first-order valence-electron chi connectivity index (χ1n) is 13.3. The van der Waals surface area contributed by atoms with Crippen LogP contribution >= 0.6 is 0 Å². The lowest BCUT2D eigenvalue weighted by Gasteiger charge is -2.08. The smallest absolute Gasteiger partial charge is 0.339 e. The first kappa shape index (κ1) is 31.9. The van der Waals surface area contributed by atoms with Gasteiger partial charge in [-0.25, -0.2) is 4.79 Å². The Hall–Kier alpha value is -3.13. The van der Waals surface area contributed by atoms with E-state index < -0.39 is 0 Å². The second kappa shape index (κ2) is 21.0. The predicted octanol–water partition coefficient (Wildman–Crippen LogP) is 5.94. The highest BCUT2D eigenvalue weighted by atomic mass is 16.6. The van der Waals surface area contributed by atoms with Crippen molar-refractivity contribution in [1.82, 2.24) is 10.3 Å². The molecule has 2 N–H and O–H groups in total. The molecule has 37 heavy (non-hydrogen) atoms. The van der Waals surface area contributed by atoms with Gasteiger partial charge in [-0.15, -0.1) is 0 Å². The quantitative estimate of drug-likeness (QED) is 0.198. The number of methoxy groups -OCH3 is 1. The molecule has 0 unspecified atom stereocenters. The van der Waals surface area contributed by atoms with E-state index >= 15 is 0 Å². The van der Waals surface area contributed by atoms with Gasteiger partial charge >= 0.3 is 5.97 Å². The summed E-state index contributed by atoms with van der Waals surface area (Å²) in [7, 11) is 1.47. The molecule has 8 heteroatoms. The lowest BCUT2D eigenvalue weighted by molar-refractivity contribution is 0.0313. The Kier molecular flexibility index (Phi) is 18.1. The zero-order valence-corrected chi connectivity index (χ0v) is 22.7. The highest BCUT2D eigenvalue weighted by Gasteiger charge is 2.09. The molecule has 8 nitrogen and oxygen atoms in total. The minimum absolute atomic E-state index is 0.0427. The second-order valence-corrected chi connectivity index (χ2v) is 8.61. The van der Waals surface area contributed by atoms with Crippen LogP contribution in [-0.2, 0) is 9.47 Å². The highest BCUT2D eigenvalue weighted by Crippen LogP contribution is 2.26. The van der Waals surface area contributed by atoms with E-state index in [0.29, 0.717) is 30.0 Å². The number of ether oxygens (including phenoxy) is 3. The monoisotopic (exact) mass is 516 g/mol. The van der Waals surface area contributed by atoms with Gasteiger partial charge in [-0.05, 0) is 43.2 Å². The van der Waals surface area contributed by atoms with Gasteiger partial charge in [0.1, 0.15) is 6.61 Å². The number of hydrogen-bond donors (Lipinski definition) is 2. The number of rotatable bonds is 17. The Labute approximate surface area is 221 Å². The van der Waals surface area contributed by atoms with Crippen LogP contribution in [0.1, 0.15) is 92.4 Å². The molecule has 1 heterocycles. The molecule has 2 rings (SSSR count). The van der Waals surface area contributed by atoms with Crippen LogP contribution in [0.25, 0.3) is 0 Å². The molecule has 0 saturated heterocycles. The molecule has 0 fully saturated rings. The molecule has 0 spiro atoms. The number of nitrogens with one attached hydrogen (secondary N) is 1. The Morgan fingerprint density at radius 1 is 0.892 bits per heavy atom. The van der Waals surface area contributed by atoms with Crippen molar-refractivity contribution in [2.45, 2.75) is 71.6 Å². The maximum atomic E-state index is 11.9. The summed E-state index contributed by atoms with van der Waals surface area (Å²) >= 11 is 0. The van der Waals surface area contributed by atoms with Crippen LogP contribution in [0.4, 0.5) is 0 Å². The third kappa shape index (κ3) is 14.9. The van der Waals surface area contributed by atoms with E-state index in [-0.39, 0.29) is 24.2 Å². The van der Waals surface area contributed by atoms with Crippen molar-refractivity contribution in [3.05, 3.63) is 53.9 Å². The van der Waals surface area contributed by atoms with Gasteiger partial charge < -0.3 is 24.6 Å². The van der Waals surface area contributed by atoms with E-state index in [4.69, 9.17) is 14.2 Å². The number of esters is 1. The maximum absolute atomic E-state index is 11.9. The molecule has 1 aromatic heterocycles. The number of carbonyl (C=O) groups excluding carboxylic acids is 2. The van der Waals surface area contributed by atoms with E-state index in [1.54, 1.807) is 30.5 Å². The van der Waals surface area contributed by atoms with Crippen LogP contribution in [-0.4, -0.2) is 55.4 Å². The van der Waals surface area contributed by atoms with Gasteiger partial charge in [0.05, 0.1) is 19.3 Å². The normalized spacial score (nSPS) is 10.2. The van der Waals surface area contributed by atoms with Gasteiger partial charge in [-0.2, -0.15) is 0 Å². The third-order valence-electron chi connectivity index (χ3n) is 5.51. The number of nitrogens with zero attached hydrogens (tertiary/aromatic N) is 1. The van der Waals surface area contributed by atoms with Gasteiger partial charge in [-0.3, -0.25) is 9.78 Å². The minimum Gasteiger partial charge on any atom is -0.504 e. The van der Waals surface area contributed by atoms with Crippen LogP contribution < -0.4 is 10.1 Å². The fourth-order valence-corrected chi connectivity index (χ4v) is 3.31. The van der Waals surface area contributed by atoms with Crippen LogP contribution in [0, 0.1) is 0 Å².